The van der Waals surface area contributed by atoms with Gasteiger partial charge in [0.05, 0.1) is 17.2 Å². The van der Waals surface area contributed by atoms with E-state index in [1.807, 2.05) is 83.6 Å². The van der Waals surface area contributed by atoms with Crippen LogP contribution in [0.2, 0.25) is 10.0 Å². The highest BCUT2D eigenvalue weighted by atomic mass is 35.5. The van der Waals surface area contributed by atoms with E-state index in [0.29, 0.717) is 38.4 Å². The van der Waals surface area contributed by atoms with Crippen LogP contribution < -0.4 is 10.9 Å². The van der Waals surface area contributed by atoms with E-state index in [1.165, 1.54) is 0 Å². The molecule has 4 aromatic carbocycles. The van der Waals surface area contributed by atoms with Gasteiger partial charge in [-0.3, -0.25) is 9.59 Å². The van der Waals surface area contributed by atoms with Gasteiger partial charge in [0.15, 0.2) is 5.43 Å². The lowest BCUT2D eigenvalue weighted by Gasteiger charge is -2.14. The Hall–Kier alpha value is -4.39. The minimum absolute atomic E-state index is 0.00940. The number of benzene rings is 4. The fourth-order valence-electron chi connectivity index (χ4n) is 4.94. The predicted molar refractivity (Wildman–Crippen MR) is 159 cm³/mol. The number of nitrogens with zero attached hydrogens (tertiary/aromatic N) is 3. The molecule has 0 aliphatic heterocycles. The van der Waals surface area contributed by atoms with E-state index in [1.54, 1.807) is 24.4 Å². The number of rotatable bonds is 6. The van der Waals surface area contributed by atoms with Gasteiger partial charge in [-0.2, -0.15) is 5.10 Å². The second-order valence-electron chi connectivity index (χ2n) is 9.21. The number of carbonyl (C=O) groups is 1. The molecule has 0 fully saturated rings. The minimum atomic E-state index is -0.304. The number of pyridine rings is 1. The van der Waals surface area contributed by atoms with Crippen molar-refractivity contribution in [2.45, 2.75) is 13.1 Å². The van der Waals surface area contributed by atoms with Crippen molar-refractivity contribution in [1.29, 1.82) is 0 Å². The van der Waals surface area contributed by atoms with Gasteiger partial charge in [-0.1, -0.05) is 71.7 Å². The first-order chi connectivity index (χ1) is 19.0. The molecule has 2 heterocycles. The van der Waals surface area contributed by atoms with Crippen LogP contribution in [0, 0.1) is 0 Å². The third kappa shape index (κ3) is 4.80. The van der Waals surface area contributed by atoms with Crippen LogP contribution in [0.1, 0.15) is 11.1 Å². The summed E-state index contributed by atoms with van der Waals surface area (Å²) in [5, 5.41) is 7.59. The summed E-state index contributed by atoms with van der Waals surface area (Å²) in [5.41, 5.74) is 6.81. The molecule has 0 aliphatic rings. The van der Waals surface area contributed by atoms with Gasteiger partial charge >= 0.3 is 0 Å². The molecule has 192 valence electrons. The van der Waals surface area contributed by atoms with E-state index >= 15 is 0 Å². The van der Waals surface area contributed by atoms with Crippen molar-refractivity contribution < 1.29 is 4.79 Å². The van der Waals surface area contributed by atoms with Gasteiger partial charge in [-0.25, -0.2) is 5.43 Å². The highest BCUT2D eigenvalue weighted by Gasteiger charge is 2.13. The number of halogens is 2. The number of carbonyl (C=O) groups excluding carboxylic acids is 1. The minimum Gasteiger partial charge on any atom is -0.342 e. The number of fused-ring (bicyclic) bond motifs is 3. The number of hydrazone groups is 1. The molecule has 2 aromatic heterocycles. The average molecular weight is 553 g/mol. The van der Waals surface area contributed by atoms with Crippen LogP contribution in [0.4, 0.5) is 0 Å². The largest absolute Gasteiger partial charge is 0.342 e. The third-order valence-electron chi connectivity index (χ3n) is 6.75. The summed E-state index contributed by atoms with van der Waals surface area (Å²) >= 11 is 12.5. The monoisotopic (exact) mass is 552 g/mol. The van der Waals surface area contributed by atoms with Crippen molar-refractivity contribution in [3.63, 3.8) is 0 Å². The Labute approximate surface area is 233 Å². The van der Waals surface area contributed by atoms with Crippen molar-refractivity contribution in [2.24, 2.45) is 5.10 Å². The van der Waals surface area contributed by atoms with E-state index in [9.17, 15) is 9.59 Å². The zero-order chi connectivity index (χ0) is 26.9. The van der Waals surface area contributed by atoms with Crippen LogP contribution in [-0.2, 0) is 17.9 Å². The van der Waals surface area contributed by atoms with Gasteiger partial charge < -0.3 is 9.13 Å². The van der Waals surface area contributed by atoms with Crippen molar-refractivity contribution in [2.75, 3.05) is 0 Å². The van der Waals surface area contributed by atoms with Crippen LogP contribution in [0.5, 0.6) is 0 Å². The maximum atomic E-state index is 13.0. The fourth-order valence-corrected chi connectivity index (χ4v) is 5.41. The third-order valence-corrected chi connectivity index (χ3v) is 7.34. The molecule has 6 aromatic rings. The van der Waals surface area contributed by atoms with Gasteiger partial charge in [-0.15, -0.1) is 0 Å². The van der Waals surface area contributed by atoms with Crippen molar-refractivity contribution >= 4 is 68.0 Å². The number of nitrogens with one attached hydrogen (secondary N) is 1. The standard InChI is InChI=1S/C31H22Cl2N4O2/c32-22-14-13-20(26(33)15-22)17-36-18-21(23-7-1-4-10-27(23)36)16-34-35-30(38)19-37-28-11-5-2-8-24(28)31(39)25-9-3-6-12-29(25)37/h1-16,18H,17,19H2,(H,35,38)/b34-16+. The maximum absolute atomic E-state index is 13.0. The van der Waals surface area contributed by atoms with Gasteiger partial charge in [0.1, 0.15) is 6.54 Å². The smallest absolute Gasteiger partial charge is 0.260 e. The summed E-state index contributed by atoms with van der Waals surface area (Å²) in [4.78, 5) is 26.0. The molecule has 8 heteroatoms. The van der Waals surface area contributed by atoms with Crippen LogP contribution in [-0.4, -0.2) is 21.3 Å². The van der Waals surface area contributed by atoms with Crippen molar-refractivity contribution in [3.05, 3.63) is 129 Å². The zero-order valence-corrected chi connectivity index (χ0v) is 22.2. The van der Waals surface area contributed by atoms with Crippen molar-refractivity contribution in [1.82, 2.24) is 14.6 Å². The Bertz CT molecular complexity index is 1910. The Balaban J connectivity index is 1.27. The topological polar surface area (TPSA) is 68.4 Å². The molecule has 1 N–H and O–H groups in total. The lowest BCUT2D eigenvalue weighted by molar-refractivity contribution is -0.121. The van der Waals surface area contributed by atoms with E-state index < -0.39 is 0 Å². The average Bonchev–Trinajstić information content (AvgIpc) is 3.30. The Morgan fingerprint density at radius 1 is 0.821 bits per heavy atom. The molecule has 0 bridgehead atoms. The first-order valence-corrected chi connectivity index (χ1v) is 13.1. The lowest BCUT2D eigenvalue weighted by Crippen LogP contribution is -2.25. The van der Waals surface area contributed by atoms with Crippen LogP contribution in [0.15, 0.2) is 107 Å². The molecular weight excluding hydrogens is 531 g/mol. The summed E-state index contributed by atoms with van der Waals surface area (Å²) in [5.74, 6) is -0.304. The highest BCUT2D eigenvalue weighted by Crippen LogP contribution is 2.26. The molecule has 0 radical (unpaired) electrons. The second kappa shape index (κ2) is 10.4. The summed E-state index contributed by atoms with van der Waals surface area (Å²) in [7, 11) is 0. The molecule has 0 saturated carbocycles. The molecule has 1 amide bonds. The van der Waals surface area contributed by atoms with Gasteiger partial charge in [-0.05, 0) is 48.0 Å². The molecule has 0 aliphatic carbocycles. The molecule has 0 atom stereocenters. The normalized spacial score (nSPS) is 11.6. The van der Waals surface area contributed by atoms with E-state index in [-0.39, 0.29) is 17.9 Å². The van der Waals surface area contributed by atoms with Crippen LogP contribution in [0.25, 0.3) is 32.7 Å². The van der Waals surface area contributed by atoms with Crippen LogP contribution in [0.3, 0.4) is 0 Å². The molecule has 0 unspecified atom stereocenters. The number of aromatic nitrogens is 2. The summed E-state index contributed by atoms with van der Waals surface area (Å²) in [6, 6.07) is 28.1. The quantitative estimate of drug-likeness (QED) is 0.143. The van der Waals surface area contributed by atoms with Gasteiger partial charge in [0.2, 0.25) is 0 Å². The molecule has 6 nitrogen and oxygen atoms in total. The summed E-state index contributed by atoms with van der Waals surface area (Å²) in [6.45, 7) is 0.568. The zero-order valence-electron chi connectivity index (χ0n) is 20.6. The molecule has 6 rings (SSSR count). The maximum Gasteiger partial charge on any atom is 0.260 e. The van der Waals surface area contributed by atoms with E-state index in [4.69, 9.17) is 23.2 Å². The fraction of sp³-hybridized carbons (Fsp3) is 0.0645. The number of hydrogen-bond acceptors (Lipinski definition) is 3. The number of hydrogen-bond donors (Lipinski definition) is 1. The van der Waals surface area contributed by atoms with Crippen LogP contribution >= 0.6 is 23.2 Å². The highest BCUT2D eigenvalue weighted by molar-refractivity contribution is 6.35. The molecule has 0 spiro atoms. The number of amides is 1. The molecule has 0 saturated heterocycles. The Kier molecular flexibility index (Phi) is 6.65. The van der Waals surface area contributed by atoms with Gasteiger partial charge in [0, 0.05) is 50.0 Å². The lowest BCUT2D eigenvalue weighted by atomic mass is 10.1. The SMILES string of the molecule is O=C(Cn1c2ccccc2c(=O)c2ccccc21)N/N=C/c1cn(Cc2ccc(Cl)cc2Cl)c2ccccc12. The number of para-hydroxylation sites is 3. The van der Waals surface area contributed by atoms with Gasteiger partial charge in [0.25, 0.3) is 5.91 Å². The Morgan fingerprint density at radius 2 is 1.44 bits per heavy atom. The molecule has 39 heavy (non-hydrogen) atoms. The second-order valence-corrected chi connectivity index (χ2v) is 10.1. The van der Waals surface area contributed by atoms with E-state index in [0.717, 1.165) is 22.0 Å². The predicted octanol–water partition coefficient (Wildman–Crippen LogP) is 6.61. The first-order valence-electron chi connectivity index (χ1n) is 12.3. The van der Waals surface area contributed by atoms with Crippen molar-refractivity contribution in [3.8, 4) is 0 Å². The molecular formula is C31H22Cl2N4O2. The first kappa shape index (κ1) is 24.9. The summed E-state index contributed by atoms with van der Waals surface area (Å²) < 4.78 is 3.94. The van der Waals surface area contributed by atoms with E-state index in [2.05, 4.69) is 15.1 Å². The Morgan fingerprint density at radius 3 is 2.10 bits per heavy atom. The summed E-state index contributed by atoms with van der Waals surface area (Å²) in [6.07, 6.45) is 3.62.